The number of rotatable bonds is 10. The third-order valence-corrected chi connectivity index (χ3v) is 5.65. The number of carbonyl (C=O) groups is 1. The number of nitrogens with one attached hydrogen (secondary N) is 1. The van der Waals surface area contributed by atoms with Crippen molar-refractivity contribution in [2.45, 2.75) is 13.2 Å². The Kier molecular flexibility index (Phi) is 8.57. The number of hydrazone groups is 1. The fourth-order valence-electron chi connectivity index (χ4n) is 3.40. The summed E-state index contributed by atoms with van der Waals surface area (Å²) < 4.78 is 17.2. The van der Waals surface area contributed by atoms with Crippen molar-refractivity contribution in [2.75, 3.05) is 7.11 Å². The minimum absolute atomic E-state index is 0.242. The fourth-order valence-corrected chi connectivity index (χ4v) is 3.59. The molecule has 0 radical (unpaired) electrons. The van der Waals surface area contributed by atoms with E-state index in [1.54, 1.807) is 43.5 Å². The van der Waals surface area contributed by atoms with Crippen molar-refractivity contribution >= 4 is 23.7 Å². The quantitative estimate of drug-likeness (QED) is 0.206. The first-order chi connectivity index (χ1) is 17.6. The lowest BCUT2D eigenvalue weighted by Gasteiger charge is -2.12. The highest BCUT2D eigenvalue weighted by Gasteiger charge is 2.12. The molecule has 0 bridgehead atoms. The van der Waals surface area contributed by atoms with Gasteiger partial charge in [-0.15, -0.1) is 0 Å². The van der Waals surface area contributed by atoms with E-state index in [4.69, 9.17) is 25.8 Å². The minimum Gasteiger partial charge on any atom is -0.493 e. The SMILES string of the molecule is COc1cc(/C=N/NC(=O)c2ccccc2OCc2ccccc2Cl)ccc1OCc1ccccc1. The first kappa shape index (κ1) is 24.8. The van der Waals surface area contributed by atoms with Gasteiger partial charge in [0.05, 0.1) is 18.9 Å². The molecular weight excluding hydrogens is 476 g/mol. The number of benzene rings is 4. The van der Waals surface area contributed by atoms with Gasteiger partial charge in [-0.05, 0) is 47.5 Å². The highest BCUT2D eigenvalue weighted by atomic mass is 35.5. The second-order valence-corrected chi connectivity index (χ2v) is 8.17. The molecule has 0 aliphatic rings. The van der Waals surface area contributed by atoms with Crippen LogP contribution in [0.25, 0.3) is 0 Å². The molecule has 1 N–H and O–H groups in total. The molecule has 1 amide bonds. The molecule has 0 saturated carbocycles. The van der Waals surface area contributed by atoms with Crippen molar-refractivity contribution in [2.24, 2.45) is 5.10 Å². The zero-order valence-corrected chi connectivity index (χ0v) is 20.4. The lowest BCUT2D eigenvalue weighted by atomic mass is 10.2. The Balaban J connectivity index is 1.38. The molecule has 0 unspecified atom stereocenters. The maximum atomic E-state index is 12.8. The summed E-state index contributed by atoms with van der Waals surface area (Å²) in [6.45, 7) is 0.671. The zero-order chi connectivity index (χ0) is 25.2. The molecule has 4 aromatic rings. The highest BCUT2D eigenvalue weighted by molar-refractivity contribution is 6.31. The third kappa shape index (κ3) is 6.64. The van der Waals surface area contributed by atoms with E-state index >= 15 is 0 Å². The van der Waals surface area contributed by atoms with Crippen LogP contribution in [0.2, 0.25) is 5.02 Å². The summed E-state index contributed by atoms with van der Waals surface area (Å²) in [5.41, 5.74) is 5.54. The van der Waals surface area contributed by atoms with Gasteiger partial charge < -0.3 is 14.2 Å². The molecule has 0 saturated heterocycles. The number of hydrogen-bond donors (Lipinski definition) is 1. The van der Waals surface area contributed by atoms with Gasteiger partial charge in [-0.1, -0.05) is 72.3 Å². The largest absolute Gasteiger partial charge is 0.493 e. The molecule has 4 rings (SSSR count). The van der Waals surface area contributed by atoms with E-state index in [0.29, 0.717) is 34.4 Å². The van der Waals surface area contributed by atoms with E-state index in [0.717, 1.165) is 16.7 Å². The Bertz CT molecular complexity index is 1340. The molecule has 0 fully saturated rings. The van der Waals surface area contributed by atoms with Crippen LogP contribution in [-0.4, -0.2) is 19.2 Å². The summed E-state index contributed by atoms with van der Waals surface area (Å²) in [4.78, 5) is 12.8. The van der Waals surface area contributed by atoms with Gasteiger partial charge in [-0.2, -0.15) is 5.10 Å². The molecule has 0 atom stereocenters. The van der Waals surface area contributed by atoms with Crippen LogP contribution in [0.4, 0.5) is 0 Å². The van der Waals surface area contributed by atoms with Crippen molar-refractivity contribution in [3.63, 3.8) is 0 Å². The predicted octanol–water partition coefficient (Wildman–Crippen LogP) is 6.27. The molecule has 4 aromatic carbocycles. The van der Waals surface area contributed by atoms with Crippen LogP contribution >= 0.6 is 11.6 Å². The average Bonchev–Trinajstić information content (AvgIpc) is 2.92. The molecule has 7 heteroatoms. The summed E-state index contributed by atoms with van der Waals surface area (Å²) in [5, 5.41) is 4.70. The van der Waals surface area contributed by atoms with E-state index in [2.05, 4.69) is 10.5 Å². The Morgan fingerprint density at radius 3 is 2.36 bits per heavy atom. The van der Waals surface area contributed by atoms with Crippen LogP contribution in [0.3, 0.4) is 0 Å². The van der Waals surface area contributed by atoms with Crippen molar-refractivity contribution in [1.82, 2.24) is 5.43 Å². The Morgan fingerprint density at radius 1 is 0.833 bits per heavy atom. The van der Waals surface area contributed by atoms with Crippen LogP contribution in [0.5, 0.6) is 17.2 Å². The molecule has 0 aromatic heterocycles. The smallest absolute Gasteiger partial charge is 0.275 e. The van der Waals surface area contributed by atoms with Crippen LogP contribution in [-0.2, 0) is 13.2 Å². The van der Waals surface area contributed by atoms with Crippen LogP contribution in [0.1, 0.15) is 27.0 Å². The lowest BCUT2D eigenvalue weighted by Crippen LogP contribution is -2.18. The molecule has 0 aliphatic carbocycles. The molecule has 182 valence electrons. The number of nitrogens with zero attached hydrogens (tertiary/aromatic N) is 1. The van der Waals surface area contributed by atoms with Gasteiger partial charge >= 0.3 is 0 Å². The van der Waals surface area contributed by atoms with E-state index in [-0.39, 0.29) is 6.61 Å². The first-order valence-corrected chi connectivity index (χ1v) is 11.7. The molecule has 36 heavy (non-hydrogen) atoms. The van der Waals surface area contributed by atoms with Crippen molar-refractivity contribution in [1.29, 1.82) is 0 Å². The standard InChI is InChI=1S/C29H25ClN2O4/c1-34-28-17-22(15-16-27(28)35-19-21-9-3-2-4-10-21)18-31-32-29(33)24-12-6-8-14-26(24)36-20-23-11-5-7-13-25(23)30/h2-18H,19-20H2,1H3,(H,32,33)/b31-18+. The molecule has 0 spiro atoms. The van der Waals surface area contributed by atoms with Gasteiger partial charge in [0.25, 0.3) is 5.91 Å². The maximum Gasteiger partial charge on any atom is 0.275 e. The second-order valence-electron chi connectivity index (χ2n) is 7.76. The van der Waals surface area contributed by atoms with Gasteiger partial charge in [0, 0.05) is 10.6 Å². The monoisotopic (exact) mass is 500 g/mol. The summed E-state index contributed by atoms with van der Waals surface area (Å²) >= 11 is 6.20. The molecular formula is C29H25ClN2O4. The third-order valence-electron chi connectivity index (χ3n) is 5.28. The Labute approximate surface area is 215 Å². The van der Waals surface area contributed by atoms with Crippen molar-refractivity contribution in [3.8, 4) is 17.2 Å². The molecule has 0 heterocycles. The summed E-state index contributed by atoms with van der Waals surface area (Å²) in [5.74, 6) is 1.23. The first-order valence-electron chi connectivity index (χ1n) is 11.3. The van der Waals surface area contributed by atoms with E-state index < -0.39 is 5.91 Å². The van der Waals surface area contributed by atoms with E-state index in [1.165, 1.54) is 6.21 Å². The van der Waals surface area contributed by atoms with Crippen LogP contribution in [0, 0.1) is 0 Å². The number of methoxy groups -OCH3 is 1. The van der Waals surface area contributed by atoms with E-state index in [9.17, 15) is 4.79 Å². The van der Waals surface area contributed by atoms with Crippen molar-refractivity contribution < 1.29 is 19.0 Å². The number of halogens is 1. The van der Waals surface area contributed by atoms with Gasteiger partial charge in [0.15, 0.2) is 11.5 Å². The van der Waals surface area contributed by atoms with Crippen LogP contribution in [0.15, 0.2) is 102 Å². The predicted molar refractivity (Wildman–Crippen MR) is 141 cm³/mol. The number of carbonyl (C=O) groups excluding carboxylic acids is 1. The fraction of sp³-hybridized carbons (Fsp3) is 0.103. The molecule has 0 aliphatic heterocycles. The van der Waals surface area contributed by atoms with Gasteiger partial charge in [0.2, 0.25) is 0 Å². The van der Waals surface area contributed by atoms with Gasteiger partial charge in [-0.25, -0.2) is 5.43 Å². The normalized spacial score (nSPS) is 10.7. The van der Waals surface area contributed by atoms with Gasteiger partial charge in [-0.3, -0.25) is 4.79 Å². The number of ether oxygens (including phenoxy) is 3. The average molecular weight is 501 g/mol. The Morgan fingerprint density at radius 2 is 1.56 bits per heavy atom. The maximum absolute atomic E-state index is 12.8. The Hall–Kier alpha value is -4.29. The summed E-state index contributed by atoms with van der Waals surface area (Å²) in [6, 6.07) is 29.7. The number of para-hydroxylation sites is 1. The number of amides is 1. The molecule has 6 nitrogen and oxygen atoms in total. The van der Waals surface area contributed by atoms with E-state index in [1.807, 2.05) is 60.7 Å². The van der Waals surface area contributed by atoms with Gasteiger partial charge in [0.1, 0.15) is 19.0 Å². The number of hydrogen-bond acceptors (Lipinski definition) is 5. The highest BCUT2D eigenvalue weighted by Crippen LogP contribution is 2.28. The topological polar surface area (TPSA) is 69.2 Å². The van der Waals surface area contributed by atoms with Crippen LogP contribution < -0.4 is 19.6 Å². The minimum atomic E-state index is -0.393. The second kappa shape index (κ2) is 12.4. The summed E-state index contributed by atoms with van der Waals surface area (Å²) in [6.07, 6.45) is 1.54. The summed E-state index contributed by atoms with van der Waals surface area (Å²) in [7, 11) is 1.58. The zero-order valence-electron chi connectivity index (χ0n) is 19.7. The van der Waals surface area contributed by atoms with Crippen molar-refractivity contribution in [3.05, 3.63) is 124 Å². The lowest BCUT2D eigenvalue weighted by molar-refractivity contribution is 0.0950.